The average Bonchev–Trinajstić information content (AvgIpc) is 3.04. The lowest BCUT2D eigenvalue weighted by Gasteiger charge is -2.26. The molecule has 1 fully saturated rings. The number of likely N-dealkylation sites (tertiary alicyclic amines) is 1. The molecule has 0 bridgehead atoms. The van der Waals surface area contributed by atoms with Gasteiger partial charge in [-0.15, -0.1) is 0 Å². The number of nitrogens with zero attached hydrogens (tertiary/aromatic N) is 5. The van der Waals surface area contributed by atoms with Gasteiger partial charge in [0.15, 0.2) is 0 Å². The standard InChI is InChI=1S/C15H21N5/c1-13-9-18-20(10-13)12-15-5-3-7-19(15)11-14(8-17)4-2-6-16/h9-10,14-15H,2-5,7,11-12H2,1H3/t14-,15-/m0/s1. The van der Waals surface area contributed by atoms with Crippen LogP contribution in [0.1, 0.15) is 31.2 Å². The molecule has 1 aliphatic rings. The van der Waals surface area contributed by atoms with Crippen LogP contribution in [0.3, 0.4) is 0 Å². The summed E-state index contributed by atoms with van der Waals surface area (Å²) in [5, 5.41) is 22.2. The van der Waals surface area contributed by atoms with Gasteiger partial charge >= 0.3 is 0 Å². The number of rotatable bonds is 6. The largest absolute Gasteiger partial charge is 0.297 e. The Bertz CT molecular complexity index is 507. The van der Waals surface area contributed by atoms with Crippen LogP contribution in [0.15, 0.2) is 12.4 Å². The Kier molecular flexibility index (Phi) is 5.15. The molecule has 0 unspecified atom stereocenters. The summed E-state index contributed by atoms with van der Waals surface area (Å²) in [4.78, 5) is 2.39. The van der Waals surface area contributed by atoms with E-state index in [1.54, 1.807) is 0 Å². The molecule has 0 radical (unpaired) electrons. The van der Waals surface area contributed by atoms with Crippen molar-refractivity contribution in [3.8, 4) is 12.1 Å². The monoisotopic (exact) mass is 271 g/mol. The molecule has 1 aromatic rings. The Balaban J connectivity index is 1.90. The molecule has 1 aromatic heterocycles. The van der Waals surface area contributed by atoms with Crippen LogP contribution in [0.5, 0.6) is 0 Å². The molecule has 0 aromatic carbocycles. The second-order valence-corrected chi connectivity index (χ2v) is 5.55. The van der Waals surface area contributed by atoms with Gasteiger partial charge in [0.25, 0.3) is 0 Å². The van der Waals surface area contributed by atoms with E-state index in [1.165, 1.54) is 12.0 Å². The Hall–Kier alpha value is -1.85. The van der Waals surface area contributed by atoms with Crippen molar-refractivity contribution < 1.29 is 0 Å². The molecule has 2 atom stereocenters. The highest BCUT2D eigenvalue weighted by molar-refractivity contribution is 5.00. The Morgan fingerprint density at radius 2 is 2.35 bits per heavy atom. The predicted molar refractivity (Wildman–Crippen MR) is 75.5 cm³/mol. The lowest BCUT2D eigenvalue weighted by molar-refractivity contribution is 0.206. The second kappa shape index (κ2) is 7.07. The van der Waals surface area contributed by atoms with Crippen LogP contribution in [0.4, 0.5) is 0 Å². The first-order chi connectivity index (χ1) is 9.72. The first-order valence-corrected chi connectivity index (χ1v) is 7.22. The zero-order valence-corrected chi connectivity index (χ0v) is 12.0. The summed E-state index contributed by atoms with van der Waals surface area (Å²) in [5.74, 6) is -0.0328. The molecule has 0 aliphatic carbocycles. The fourth-order valence-corrected chi connectivity index (χ4v) is 2.84. The molecule has 2 rings (SSSR count). The summed E-state index contributed by atoms with van der Waals surface area (Å²) < 4.78 is 2.00. The van der Waals surface area contributed by atoms with Gasteiger partial charge in [-0.25, -0.2) is 0 Å². The average molecular weight is 271 g/mol. The molecule has 0 amide bonds. The highest BCUT2D eigenvalue weighted by Crippen LogP contribution is 2.21. The maximum absolute atomic E-state index is 9.19. The van der Waals surface area contributed by atoms with Gasteiger partial charge in [0.05, 0.1) is 30.8 Å². The predicted octanol–water partition coefficient (Wildman–Crippen LogP) is 2.10. The van der Waals surface area contributed by atoms with E-state index >= 15 is 0 Å². The fourth-order valence-electron chi connectivity index (χ4n) is 2.84. The molecule has 2 heterocycles. The topological polar surface area (TPSA) is 68.6 Å². The van der Waals surface area contributed by atoms with Crippen LogP contribution in [0, 0.1) is 35.5 Å². The van der Waals surface area contributed by atoms with Gasteiger partial charge in [0.2, 0.25) is 0 Å². The molecule has 106 valence electrons. The smallest absolute Gasteiger partial charge is 0.0669 e. The molecular formula is C15H21N5. The lowest BCUT2D eigenvalue weighted by Crippen LogP contribution is -2.36. The van der Waals surface area contributed by atoms with E-state index in [4.69, 9.17) is 5.26 Å². The first kappa shape index (κ1) is 14.6. The number of aryl methyl sites for hydroxylation is 1. The molecule has 1 saturated heterocycles. The van der Waals surface area contributed by atoms with Crippen molar-refractivity contribution in [2.45, 2.75) is 45.2 Å². The van der Waals surface area contributed by atoms with Crippen LogP contribution >= 0.6 is 0 Å². The number of nitriles is 2. The Morgan fingerprint density at radius 1 is 1.50 bits per heavy atom. The highest BCUT2D eigenvalue weighted by Gasteiger charge is 2.27. The SMILES string of the molecule is Cc1cnn(C[C@@H]2CCCN2C[C@H](C#N)CCC#N)c1. The molecule has 1 aliphatic heterocycles. The van der Waals surface area contributed by atoms with Gasteiger partial charge in [-0.3, -0.25) is 9.58 Å². The van der Waals surface area contributed by atoms with Gasteiger partial charge < -0.3 is 0 Å². The Labute approximate surface area is 120 Å². The van der Waals surface area contributed by atoms with Crippen molar-refractivity contribution in [3.63, 3.8) is 0 Å². The summed E-state index contributed by atoms with van der Waals surface area (Å²) >= 11 is 0. The van der Waals surface area contributed by atoms with Crippen molar-refractivity contribution in [3.05, 3.63) is 18.0 Å². The van der Waals surface area contributed by atoms with Crippen molar-refractivity contribution in [1.82, 2.24) is 14.7 Å². The summed E-state index contributed by atoms with van der Waals surface area (Å²) in [7, 11) is 0. The molecule has 0 N–H and O–H groups in total. The molecule has 0 spiro atoms. The third-order valence-electron chi connectivity index (χ3n) is 3.90. The van der Waals surface area contributed by atoms with Crippen molar-refractivity contribution in [2.24, 2.45) is 5.92 Å². The first-order valence-electron chi connectivity index (χ1n) is 7.22. The van der Waals surface area contributed by atoms with Gasteiger partial charge in [-0.1, -0.05) is 0 Å². The third kappa shape index (κ3) is 3.82. The van der Waals surface area contributed by atoms with Gasteiger partial charge in [-0.05, 0) is 38.3 Å². The zero-order chi connectivity index (χ0) is 14.4. The fraction of sp³-hybridized carbons (Fsp3) is 0.667. The number of hydrogen-bond donors (Lipinski definition) is 0. The van der Waals surface area contributed by atoms with Crippen molar-refractivity contribution in [1.29, 1.82) is 10.5 Å². The Morgan fingerprint density at radius 3 is 3.00 bits per heavy atom. The maximum Gasteiger partial charge on any atom is 0.0669 e. The van der Waals surface area contributed by atoms with E-state index in [0.717, 1.165) is 26.1 Å². The quantitative estimate of drug-likeness (QED) is 0.794. The van der Waals surface area contributed by atoms with Crippen LogP contribution in [0.25, 0.3) is 0 Å². The van der Waals surface area contributed by atoms with Crippen molar-refractivity contribution in [2.75, 3.05) is 13.1 Å². The van der Waals surface area contributed by atoms with E-state index in [9.17, 15) is 5.26 Å². The zero-order valence-electron chi connectivity index (χ0n) is 12.0. The minimum atomic E-state index is -0.0328. The van der Waals surface area contributed by atoms with E-state index < -0.39 is 0 Å². The summed E-state index contributed by atoms with van der Waals surface area (Å²) in [6.45, 7) is 4.77. The van der Waals surface area contributed by atoms with E-state index in [1.807, 2.05) is 17.8 Å². The summed E-state index contributed by atoms with van der Waals surface area (Å²) in [6.07, 6.45) is 7.43. The lowest BCUT2D eigenvalue weighted by atomic mass is 10.0. The van der Waals surface area contributed by atoms with E-state index in [0.29, 0.717) is 18.9 Å². The van der Waals surface area contributed by atoms with Crippen LogP contribution < -0.4 is 0 Å². The molecule has 0 saturated carbocycles. The van der Waals surface area contributed by atoms with Crippen LogP contribution in [-0.2, 0) is 6.54 Å². The summed E-state index contributed by atoms with van der Waals surface area (Å²) in [6, 6.07) is 4.93. The van der Waals surface area contributed by atoms with Gasteiger partial charge in [-0.2, -0.15) is 15.6 Å². The van der Waals surface area contributed by atoms with Gasteiger partial charge in [0.1, 0.15) is 0 Å². The minimum absolute atomic E-state index is 0.0328. The molecule has 5 heteroatoms. The molecule has 20 heavy (non-hydrogen) atoms. The van der Waals surface area contributed by atoms with E-state index in [-0.39, 0.29) is 5.92 Å². The minimum Gasteiger partial charge on any atom is -0.297 e. The number of aromatic nitrogens is 2. The molecule has 5 nitrogen and oxygen atoms in total. The number of hydrogen-bond acceptors (Lipinski definition) is 4. The van der Waals surface area contributed by atoms with E-state index in [2.05, 4.69) is 28.3 Å². The third-order valence-corrected chi connectivity index (χ3v) is 3.90. The van der Waals surface area contributed by atoms with Crippen LogP contribution in [-0.4, -0.2) is 33.8 Å². The summed E-state index contributed by atoms with van der Waals surface area (Å²) in [5.41, 5.74) is 1.18. The molecular weight excluding hydrogens is 250 g/mol. The normalized spacial score (nSPS) is 20.4. The van der Waals surface area contributed by atoms with Gasteiger partial charge in [0, 0.05) is 25.2 Å². The van der Waals surface area contributed by atoms with Crippen LogP contribution in [0.2, 0.25) is 0 Å². The second-order valence-electron chi connectivity index (χ2n) is 5.55. The van der Waals surface area contributed by atoms with Crippen molar-refractivity contribution >= 4 is 0 Å². The highest BCUT2D eigenvalue weighted by atomic mass is 15.3. The maximum atomic E-state index is 9.19.